The second-order valence-electron chi connectivity index (χ2n) is 17.5. The van der Waals surface area contributed by atoms with Gasteiger partial charge in [-0.25, -0.2) is 43.2 Å². The molecule has 75 heavy (non-hydrogen) atoms. The van der Waals surface area contributed by atoms with E-state index in [-0.39, 0.29) is 11.6 Å². The minimum Gasteiger partial charge on any atom is -0.484 e. The number of morpholine rings is 1. The maximum Gasteiger partial charge on any atom is 0.347 e. The van der Waals surface area contributed by atoms with Crippen LogP contribution >= 0.6 is 11.7 Å². The number of nitrogens with zero attached hydrogens (tertiary/aromatic N) is 4. The number of rotatable bonds is 28. The van der Waals surface area contributed by atoms with Crippen molar-refractivity contribution in [2.24, 2.45) is 0 Å². The van der Waals surface area contributed by atoms with Crippen LogP contribution in [0.1, 0.15) is 90.0 Å². The van der Waals surface area contributed by atoms with Gasteiger partial charge in [0.1, 0.15) is 6.61 Å². The van der Waals surface area contributed by atoms with Crippen LogP contribution < -0.4 is 9.64 Å². The Kier molecular flexibility index (Phi) is 25.8. The van der Waals surface area contributed by atoms with Crippen molar-refractivity contribution < 1.29 is 114 Å². The Morgan fingerprint density at radius 3 is 1.36 bits per heavy atom. The van der Waals surface area contributed by atoms with Gasteiger partial charge in [-0.05, 0) is 83.1 Å². The zero-order chi connectivity index (χ0) is 56.9. The predicted molar refractivity (Wildman–Crippen MR) is 252 cm³/mol. The summed E-state index contributed by atoms with van der Waals surface area (Å²) in [4.78, 5) is 142. The van der Waals surface area contributed by atoms with E-state index in [1.165, 1.54) is 32.6 Å². The van der Waals surface area contributed by atoms with Crippen LogP contribution in [0.25, 0.3) is 0 Å². The fourth-order valence-electron chi connectivity index (χ4n) is 5.84. The molecular formula is C46H66N4O24S. The Morgan fingerprint density at radius 2 is 0.960 bits per heavy atom. The molecule has 1 fully saturated rings. The first-order valence-electron chi connectivity index (χ1n) is 23.2. The van der Waals surface area contributed by atoms with E-state index in [9.17, 15) is 52.7 Å². The highest BCUT2D eigenvalue weighted by molar-refractivity contribution is 6.99. The van der Waals surface area contributed by atoms with Crippen LogP contribution in [0, 0.1) is 0 Å². The highest BCUT2D eigenvalue weighted by Gasteiger charge is 2.36. The molecule has 0 bridgehead atoms. The van der Waals surface area contributed by atoms with Gasteiger partial charge in [0.25, 0.3) is 11.8 Å². The van der Waals surface area contributed by atoms with Crippen molar-refractivity contribution in [3.8, 4) is 5.88 Å². The van der Waals surface area contributed by atoms with Crippen LogP contribution in [0.4, 0.5) is 5.82 Å². The summed E-state index contributed by atoms with van der Waals surface area (Å²) in [5.74, 6) is -11.1. The average molecular weight is 1090 g/mol. The molecule has 8 unspecified atom stereocenters. The predicted octanol–water partition coefficient (Wildman–Crippen LogP) is 0.859. The Hall–Kier alpha value is -7.17. The molecule has 28 nitrogen and oxygen atoms in total. The van der Waals surface area contributed by atoms with E-state index in [0.717, 1.165) is 53.3 Å². The molecule has 0 radical (unpaired) electrons. The third kappa shape index (κ3) is 22.5. The van der Waals surface area contributed by atoms with Gasteiger partial charge in [0.15, 0.2) is 68.1 Å². The second kappa shape index (κ2) is 30.3. The summed E-state index contributed by atoms with van der Waals surface area (Å²) in [5.41, 5.74) is -1.06. The van der Waals surface area contributed by atoms with Crippen molar-refractivity contribution in [1.29, 1.82) is 0 Å². The second-order valence-corrected chi connectivity index (χ2v) is 18.0. The fourth-order valence-corrected chi connectivity index (χ4v) is 6.36. The molecule has 0 N–H and O–H groups in total. The summed E-state index contributed by atoms with van der Waals surface area (Å²) in [6, 6.07) is 0. The number of hydrogen-bond acceptors (Lipinski definition) is 28. The molecule has 1 aliphatic heterocycles. The van der Waals surface area contributed by atoms with Crippen LogP contribution in [0.15, 0.2) is 12.3 Å². The van der Waals surface area contributed by atoms with Gasteiger partial charge in [-0.1, -0.05) is 6.58 Å². The highest BCUT2D eigenvalue weighted by atomic mass is 32.1. The van der Waals surface area contributed by atoms with E-state index >= 15 is 0 Å². The summed E-state index contributed by atoms with van der Waals surface area (Å²) >= 11 is 0.848. The molecule has 29 heteroatoms. The van der Waals surface area contributed by atoms with Crippen LogP contribution in [0.3, 0.4) is 0 Å². The minimum absolute atomic E-state index is 0.0715. The molecule has 1 saturated heterocycles. The third-order valence-electron chi connectivity index (χ3n) is 9.76. The summed E-state index contributed by atoms with van der Waals surface area (Å²) in [6.45, 7) is 19.3. The lowest BCUT2D eigenvalue weighted by Crippen LogP contribution is -2.52. The number of esters is 10. The Bertz CT molecular complexity index is 2210. The number of aromatic nitrogens is 2. The van der Waals surface area contributed by atoms with Gasteiger partial charge >= 0.3 is 59.7 Å². The molecule has 0 spiro atoms. The molecule has 9 atom stereocenters. The first-order valence-corrected chi connectivity index (χ1v) is 24.0. The zero-order valence-corrected chi connectivity index (χ0v) is 44.9. The SMILES string of the molecule is C=C(C)OC(C)C(=O)OC(C)C(=O)OC(C)C(=O)OC(C)C(=O)OCC(=O)O[C@H](COc1nsnc1N1CCOCC1)CN(C(=O)COC(=O)C(C)OC(=O)C(C)OC(=O)C(C)OC(=O)C(C)OC(C)=O)C(C)(C)C. The topological polar surface area (TPSA) is 340 Å². The van der Waals surface area contributed by atoms with Crippen LogP contribution in [-0.2, 0) is 110 Å². The van der Waals surface area contributed by atoms with Crippen molar-refractivity contribution >= 4 is 83.1 Å². The summed E-state index contributed by atoms with van der Waals surface area (Å²) < 4.78 is 75.5. The smallest absolute Gasteiger partial charge is 0.347 e. The van der Waals surface area contributed by atoms with E-state index in [4.69, 9.17) is 61.6 Å². The number of anilines is 1. The third-order valence-corrected chi connectivity index (χ3v) is 10.3. The molecule has 2 rings (SSSR count). The highest BCUT2D eigenvalue weighted by Crippen LogP contribution is 2.27. The minimum atomic E-state index is -1.64. The molecule has 0 aliphatic carbocycles. The first-order chi connectivity index (χ1) is 34.9. The number of carbonyl (C=O) groups is 11. The molecule has 1 aliphatic rings. The van der Waals surface area contributed by atoms with Gasteiger partial charge in [-0.2, -0.15) is 4.37 Å². The molecule has 1 amide bonds. The summed E-state index contributed by atoms with van der Waals surface area (Å²) in [6.07, 6.45) is -13.2. The monoisotopic (exact) mass is 1090 g/mol. The van der Waals surface area contributed by atoms with Gasteiger partial charge in [0.2, 0.25) is 5.82 Å². The molecular weight excluding hydrogens is 1020 g/mol. The van der Waals surface area contributed by atoms with Crippen molar-refractivity contribution in [3.63, 3.8) is 0 Å². The quantitative estimate of drug-likeness (QED) is 0.0638. The van der Waals surface area contributed by atoms with Crippen molar-refractivity contribution in [2.75, 3.05) is 57.6 Å². The van der Waals surface area contributed by atoms with Crippen molar-refractivity contribution in [1.82, 2.24) is 13.6 Å². The van der Waals surface area contributed by atoms with Crippen molar-refractivity contribution in [3.05, 3.63) is 12.3 Å². The normalized spacial score (nSPS) is 15.9. The van der Waals surface area contributed by atoms with E-state index in [0.29, 0.717) is 32.1 Å². The maximum atomic E-state index is 13.8. The summed E-state index contributed by atoms with van der Waals surface area (Å²) in [5, 5.41) is 0. The first kappa shape index (κ1) is 63.9. The summed E-state index contributed by atoms with van der Waals surface area (Å²) in [7, 11) is 0. The lowest BCUT2D eigenvalue weighted by atomic mass is 10.1. The standard InChI is InChI=1S/C46H66N4O24S/c1-23(2)66-26(5)40(56)70-30(9)44(60)72-29(8)43(59)69-25(4)39(55)65-22-35(53)74-33(20-63-37-36(47-75-48-37)49-15-17-62-18-16-49)19-50(46(12,13)14)34(52)21-64-38(54)24(3)68-42(58)28(7)73-45(61)31(10)71-41(57)27(6)67-32(11)51/h24-31,33H,1,15-22H2,2-14H3/t24?,25?,26?,27?,28?,29?,30?,31?,33-/m0/s1. The Balaban J connectivity index is 2.10. The number of hydrogen-bond donors (Lipinski definition) is 0. The molecule has 420 valence electrons. The van der Waals surface area contributed by atoms with E-state index in [1.807, 2.05) is 4.90 Å². The number of ether oxygens (including phenoxy) is 13. The molecule has 1 aromatic heterocycles. The molecule has 1 aromatic rings. The van der Waals surface area contributed by atoms with Gasteiger partial charge in [-0.3, -0.25) is 9.59 Å². The Labute approximate surface area is 436 Å². The Morgan fingerprint density at radius 1 is 0.573 bits per heavy atom. The number of allylic oxidation sites excluding steroid dienone is 1. The maximum absolute atomic E-state index is 13.8. The van der Waals surface area contributed by atoms with Crippen LogP contribution in [0.5, 0.6) is 5.88 Å². The largest absolute Gasteiger partial charge is 0.484 e. The number of carbonyl (C=O) groups excluding carboxylic acids is 11. The van der Waals surface area contributed by atoms with E-state index in [1.54, 1.807) is 20.8 Å². The lowest BCUT2D eigenvalue weighted by Gasteiger charge is -2.37. The number of amides is 1. The molecule has 0 saturated carbocycles. The van der Waals surface area contributed by atoms with Gasteiger partial charge in [0.05, 0.1) is 37.2 Å². The zero-order valence-electron chi connectivity index (χ0n) is 44.1. The van der Waals surface area contributed by atoms with E-state index in [2.05, 4.69) is 15.3 Å². The van der Waals surface area contributed by atoms with Gasteiger partial charge < -0.3 is 71.4 Å². The van der Waals surface area contributed by atoms with Crippen molar-refractivity contribution in [2.45, 2.75) is 150 Å². The fraction of sp³-hybridized carbons (Fsp3) is 0.674. The van der Waals surface area contributed by atoms with Gasteiger partial charge in [0, 0.05) is 25.6 Å². The van der Waals surface area contributed by atoms with Crippen LogP contribution in [0.2, 0.25) is 0 Å². The molecule has 0 aromatic carbocycles. The molecule has 2 heterocycles. The van der Waals surface area contributed by atoms with Gasteiger partial charge in [-0.15, -0.1) is 4.37 Å². The lowest BCUT2D eigenvalue weighted by molar-refractivity contribution is -0.185. The van der Waals surface area contributed by atoms with E-state index < -0.39 is 152 Å². The van der Waals surface area contributed by atoms with Crippen LogP contribution in [-0.4, -0.2) is 192 Å². The average Bonchev–Trinajstić information content (AvgIpc) is 3.80.